The smallest absolute Gasteiger partial charge is 0.272 e. The number of nitrogens with one attached hydrogen (secondary N) is 2. The van der Waals surface area contributed by atoms with Crippen LogP contribution in [0.15, 0.2) is 65.8 Å². The molecular formula is C20H15Cl2N3O2S. The second-order valence-electron chi connectivity index (χ2n) is 5.75. The second-order valence-corrected chi connectivity index (χ2v) is 7.88. The number of hydrogen-bond donors (Lipinski definition) is 2. The van der Waals surface area contributed by atoms with E-state index in [-0.39, 0.29) is 11.8 Å². The van der Waals surface area contributed by atoms with Crippen molar-refractivity contribution in [2.24, 2.45) is 5.10 Å². The summed E-state index contributed by atoms with van der Waals surface area (Å²) in [4.78, 5) is 24.8. The predicted octanol–water partition coefficient (Wildman–Crippen LogP) is 5.46. The van der Waals surface area contributed by atoms with Crippen molar-refractivity contribution < 1.29 is 9.59 Å². The van der Waals surface area contributed by atoms with Gasteiger partial charge in [0.05, 0.1) is 25.5 Å². The standard InChI is InChI=1S/C20H15Cl2N3O2S/c1-12(24-25-19(26)15-4-2-3-5-16(15)21)13-6-8-14(9-7-13)23-20(27)17-10-11-18(22)28-17/h2-11H,1H3,(H,23,27)(H,25,26)/b24-12-. The van der Waals surface area contributed by atoms with Crippen molar-refractivity contribution in [1.82, 2.24) is 5.43 Å². The lowest BCUT2D eigenvalue weighted by atomic mass is 10.1. The van der Waals surface area contributed by atoms with Gasteiger partial charge in [0, 0.05) is 5.69 Å². The lowest BCUT2D eigenvalue weighted by Gasteiger charge is -2.07. The fourth-order valence-electron chi connectivity index (χ4n) is 2.33. The summed E-state index contributed by atoms with van der Waals surface area (Å²) < 4.78 is 0.561. The van der Waals surface area contributed by atoms with Crippen LogP contribution < -0.4 is 10.7 Å². The van der Waals surface area contributed by atoms with Crippen molar-refractivity contribution in [3.63, 3.8) is 0 Å². The Hall–Kier alpha value is -2.67. The SMILES string of the molecule is C/C(=N/NC(=O)c1ccccc1Cl)c1ccc(NC(=O)c2ccc(Cl)s2)cc1. The summed E-state index contributed by atoms with van der Waals surface area (Å²) in [5, 5.41) is 7.28. The number of rotatable bonds is 5. The zero-order valence-electron chi connectivity index (χ0n) is 14.7. The van der Waals surface area contributed by atoms with E-state index in [4.69, 9.17) is 23.2 Å². The lowest BCUT2D eigenvalue weighted by Crippen LogP contribution is -2.19. The number of anilines is 1. The van der Waals surface area contributed by atoms with Gasteiger partial charge < -0.3 is 5.32 Å². The van der Waals surface area contributed by atoms with Crippen molar-refractivity contribution in [3.05, 3.63) is 86.0 Å². The van der Waals surface area contributed by atoms with Gasteiger partial charge in [0.15, 0.2) is 0 Å². The van der Waals surface area contributed by atoms with Crippen LogP contribution >= 0.6 is 34.5 Å². The van der Waals surface area contributed by atoms with Crippen LogP contribution in [0, 0.1) is 0 Å². The minimum absolute atomic E-state index is 0.220. The minimum Gasteiger partial charge on any atom is -0.321 e. The summed E-state index contributed by atoms with van der Waals surface area (Å²) in [5.41, 5.74) is 4.91. The fraction of sp³-hybridized carbons (Fsp3) is 0.0500. The maximum atomic E-state index is 12.2. The summed E-state index contributed by atoms with van der Waals surface area (Å²) in [7, 11) is 0. The Kier molecular flexibility index (Phi) is 6.46. The quantitative estimate of drug-likeness (QED) is 0.415. The van der Waals surface area contributed by atoms with Gasteiger partial charge in [-0.25, -0.2) is 5.43 Å². The van der Waals surface area contributed by atoms with Gasteiger partial charge in [-0.05, 0) is 48.9 Å². The van der Waals surface area contributed by atoms with E-state index in [0.717, 1.165) is 5.56 Å². The monoisotopic (exact) mass is 431 g/mol. The molecule has 1 aromatic heterocycles. The van der Waals surface area contributed by atoms with E-state index in [9.17, 15) is 9.59 Å². The number of benzene rings is 2. The third-order valence-corrected chi connectivity index (χ3v) is 5.36. The van der Waals surface area contributed by atoms with E-state index in [1.807, 2.05) is 0 Å². The van der Waals surface area contributed by atoms with Gasteiger partial charge in [-0.3, -0.25) is 9.59 Å². The van der Waals surface area contributed by atoms with Crippen LogP contribution in [0.25, 0.3) is 0 Å². The molecule has 28 heavy (non-hydrogen) atoms. The molecule has 0 fully saturated rings. The van der Waals surface area contributed by atoms with Gasteiger partial charge in [0.25, 0.3) is 11.8 Å². The Morgan fingerprint density at radius 2 is 1.64 bits per heavy atom. The maximum absolute atomic E-state index is 12.2. The molecule has 0 saturated heterocycles. The first kappa shape index (κ1) is 20.1. The number of hydrogen-bond acceptors (Lipinski definition) is 4. The first-order chi connectivity index (χ1) is 13.4. The molecule has 0 spiro atoms. The van der Waals surface area contributed by atoms with Crippen molar-refractivity contribution in [2.75, 3.05) is 5.32 Å². The molecule has 5 nitrogen and oxygen atoms in total. The molecule has 3 rings (SSSR count). The third-order valence-electron chi connectivity index (χ3n) is 3.80. The van der Waals surface area contributed by atoms with E-state index in [1.54, 1.807) is 67.6 Å². The Labute approximate surface area is 176 Å². The normalized spacial score (nSPS) is 11.2. The zero-order chi connectivity index (χ0) is 20.1. The average molecular weight is 432 g/mol. The molecule has 2 N–H and O–H groups in total. The molecule has 0 aliphatic rings. The third kappa shape index (κ3) is 4.98. The van der Waals surface area contributed by atoms with E-state index < -0.39 is 0 Å². The average Bonchev–Trinajstić information content (AvgIpc) is 3.13. The highest BCUT2D eigenvalue weighted by Crippen LogP contribution is 2.22. The molecule has 0 radical (unpaired) electrons. The van der Waals surface area contributed by atoms with Gasteiger partial charge in [-0.2, -0.15) is 5.10 Å². The largest absolute Gasteiger partial charge is 0.321 e. The van der Waals surface area contributed by atoms with Crippen LogP contribution in [0.2, 0.25) is 9.36 Å². The molecule has 0 aliphatic carbocycles. The number of carbonyl (C=O) groups excluding carboxylic acids is 2. The molecule has 0 unspecified atom stereocenters. The summed E-state index contributed by atoms with van der Waals surface area (Å²) in [6.07, 6.45) is 0. The molecule has 0 aliphatic heterocycles. The first-order valence-corrected chi connectivity index (χ1v) is 9.77. The van der Waals surface area contributed by atoms with Crippen LogP contribution in [-0.4, -0.2) is 17.5 Å². The molecule has 3 aromatic rings. The van der Waals surface area contributed by atoms with Gasteiger partial charge in [0.2, 0.25) is 0 Å². The molecule has 8 heteroatoms. The molecule has 142 valence electrons. The zero-order valence-corrected chi connectivity index (χ0v) is 17.0. The molecule has 0 atom stereocenters. The van der Waals surface area contributed by atoms with Crippen LogP contribution in [0.5, 0.6) is 0 Å². The molecule has 2 aromatic carbocycles. The highest BCUT2D eigenvalue weighted by molar-refractivity contribution is 7.18. The van der Waals surface area contributed by atoms with Gasteiger partial charge in [0.1, 0.15) is 0 Å². The van der Waals surface area contributed by atoms with Crippen LogP contribution in [0.1, 0.15) is 32.5 Å². The summed E-state index contributed by atoms with van der Waals surface area (Å²) in [6.45, 7) is 1.77. The van der Waals surface area contributed by atoms with E-state index in [2.05, 4.69) is 15.8 Å². The Morgan fingerprint density at radius 3 is 2.29 bits per heavy atom. The number of hydrazone groups is 1. The Bertz CT molecular complexity index is 1050. The van der Waals surface area contributed by atoms with Gasteiger partial charge in [-0.15, -0.1) is 11.3 Å². The molecule has 0 bridgehead atoms. The fourth-order valence-corrected chi connectivity index (χ4v) is 3.49. The molecule has 1 heterocycles. The summed E-state index contributed by atoms with van der Waals surface area (Å²) in [5.74, 6) is -0.606. The highest BCUT2D eigenvalue weighted by atomic mass is 35.5. The van der Waals surface area contributed by atoms with Crippen LogP contribution in [0.4, 0.5) is 5.69 Å². The number of nitrogens with zero attached hydrogens (tertiary/aromatic N) is 1. The van der Waals surface area contributed by atoms with Crippen molar-refractivity contribution in [2.45, 2.75) is 6.92 Å². The number of amides is 2. The summed E-state index contributed by atoms with van der Waals surface area (Å²) >= 11 is 13.1. The first-order valence-electron chi connectivity index (χ1n) is 8.20. The predicted molar refractivity (Wildman–Crippen MR) is 115 cm³/mol. The van der Waals surface area contributed by atoms with Crippen LogP contribution in [0.3, 0.4) is 0 Å². The number of carbonyl (C=O) groups is 2. The van der Waals surface area contributed by atoms with Crippen molar-refractivity contribution >= 4 is 57.8 Å². The number of halogens is 2. The maximum Gasteiger partial charge on any atom is 0.272 e. The second kappa shape index (κ2) is 9.01. The topological polar surface area (TPSA) is 70.6 Å². The Balaban J connectivity index is 1.64. The highest BCUT2D eigenvalue weighted by Gasteiger charge is 2.10. The number of thiophene rings is 1. The summed E-state index contributed by atoms with van der Waals surface area (Å²) in [6, 6.07) is 17.2. The van der Waals surface area contributed by atoms with Gasteiger partial charge >= 0.3 is 0 Å². The molecule has 2 amide bonds. The Morgan fingerprint density at radius 1 is 0.929 bits per heavy atom. The lowest BCUT2D eigenvalue weighted by molar-refractivity contribution is 0.0954. The van der Waals surface area contributed by atoms with Gasteiger partial charge in [-0.1, -0.05) is 47.5 Å². The van der Waals surface area contributed by atoms with E-state index in [0.29, 0.717) is 31.2 Å². The molecule has 0 saturated carbocycles. The van der Waals surface area contributed by atoms with Crippen LogP contribution in [-0.2, 0) is 0 Å². The van der Waals surface area contributed by atoms with E-state index in [1.165, 1.54) is 11.3 Å². The van der Waals surface area contributed by atoms with Crippen molar-refractivity contribution in [1.29, 1.82) is 0 Å². The minimum atomic E-state index is -0.386. The van der Waals surface area contributed by atoms with E-state index >= 15 is 0 Å². The van der Waals surface area contributed by atoms with Crippen molar-refractivity contribution in [3.8, 4) is 0 Å². The molecular weight excluding hydrogens is 417 g/mol.